The number of hydrogen-bond acceptors (Lipinski definition) is 6. The standard InChI is InChI=1S/C21H32N4O6/c1-15(24-17(26)13-23-19(28)31-21(2,3)4)18(27)22-11-12-25(5)20(29)30-14-16-9-7-6-8-10-16/h6-10,15H,11-14H2,1-5H3,(H,22,27)(H,23,28)(H,24,26)/t15-/m0/s1. The third kappa shape index (κ3) is 11.5. The van der Waals surface area contributed by atoms with Crippen LogP contribution in [-0.4, -0.2) is 67.2 Å². The van der Waals surface area contributed by atoms with E-state index >= 15 is 0 Å². The van der Waals surface area contributed by atoms with Gasteiger partial charge in [0.1, 0.15) is 24.8 Å². The van der Waals surface area contributed by atoms with Gasteiger partial charge in [-0.3, -0.25) is 9.59 Å². The Bertz CT molecular complexity index is 748. The van der Waals surface area contributed by atoms with Crippen molar-refractivity contribution in [3.63, 3.8) is 0 Å². The van der Waals surface area contributed by atoms with Crippen molar-refractivity contribution in [2.45, 2.75) is 45.9 Å². The topological polar surface area (TPSA) is 126 Å². The first kappa shape index (κ1) is 25.7. The third-order valence-electron chi connectivity index (χ3n) is 3.83. The molecule has 0 fully saturated rings. The lowest BCUT2D eigenvalue weighted by Crippen LogP contribution is -2.49. The van der Waals surface area contributed by atoms with Crippen LogP contribution in [0.4, 0.5) is 9.59 Å². The van der Waals surface area contributed by atoms with E-state index in [9.17, 15) is 19.2 Å². The van der Waals surface area contributed by atoms with Crippen molar-refractivity contribution >= 4 is 24.0 Å². The summed E-state index contributed by atoms with van der Waals surface area (Å²) in [6.07, 6.45) is -1.23. The number of benzene rings is 1. The van der Waals surface area contributed by atoms with Crippen molar-refractivity contribution in [2.75, 3.05) is 26.7 Å². The van der Waals surface area contributed by atoms with E-state index < -0.39 is 35.6 Å². The van der Waals surface area contributed by atoms with E-state index in [2.05, 4.69) is 16.0 Å². The number of rotatable bonds is 9. The number of nitrogens with zero attached hydrogens (tertiary/aromatic N) is 1. The highest BCUT2D eigenvalue weighted by atomic mass is 16.6. The van der Waals surface area contributed by atoms with Crippen molar-refractivity contribution < 1.29 is 28.7 Å². The van der Waals surface area contributed by atoms with Crippen LogP contribution in [0.5, 0.6) is 0 Å². The highest BCUT2D eigenvalue weighted by molar-refractivity contribution is 5.89. The fraction of sp³-hybridized carbons (Fsp3) is 0.524. The number of carbonyl (C=O) groups excluding carboxylic acids is 4. The number of likely N-dealkylation sites (N-methyl/N-ethyl adjacent to an activating group) is 1. The van der Waals surface area contributed by atoms with E-state index in [0.717, 1.165) is 5.56 Å². The average molecular weight is 437 g/mol. The monoisotopic (exact) mass is 436 g/mol. The van der Waals surface area contributed by atoms with Crippen LogP contribution in [-0.2, 0) is 25.7 Å². The maximum Gasteiger partial charge on any atom is 0.409 e. The lowest BCUT2D eigenvalue weighted by Gasteiger charge is -2.20. The first-order chi connectivity index (χ1) is 14.5. The zero-order chi connectivity index (χ0) is 23.4. The van der Waals surface area contributed by atoms with Gasteiger partial charge >= 0.3 is 12.2 Å². The molecule has 1 aromatic rings. The van der Waals surface area contributed by atoms with Crippen LogP contribution in [0, 0.1) is 0 Å². The number of carbonyl (C=O) groups is 4. The van der Waals surface area contributed by atoms with E-state index in [1.165, 1.54) is 11.8 Å². The van der Waals surface area contributed by atoms with Gasteiger partial charge in [-0.15, -0.1) is 0 Å². The molecule has 0 aliphatic heterocycles. The number of nitrogens with one attached hydrogen (secondary N) is 3. The molecule has 0 aliphatic rings. The first-order valence-corrected chi connectivity index (χ1v) is 9.93. The second-order valence-corrected chi connectivity index (χ2v) is 7.90. The van der Waals surface area contributed by atoms with Crippen LogP contribution in [0.25, 0.3) is 0 Å². The Labute approximate surface area is 182 Å². The predicted molar refractivity (Wildman–Crippen MR) is 114 cm³/mol. The van der Waals surface area contributed by atoms with E-state index in [1.54, 1.807) is 27.8 Å². The molecule has 0 spiro atoms. The Morgan fingerprint density at radius 1 is 1.06 bits per heavy atom. The molecule has 1 aromatic carbocycles. The highest BCUT2D eigenvalue weighted by Crippen LogP contribution is 2.06. The number of amides is 4. The Balaban J connectivity index is 2.24. The molecule has 0 heterocycles. The second-order valence-electron chi connectivity index (χ2n) is 7.90. The smallest absolute Gasteiger partial charge is 0.409 e. The van der Waals surface area contributed by atoms with Gasteiger partial charge in [0.05, 0.1) is 0 Å². The van der Waals surface area contributed by atoms with Crippen LogP contribution in [0.15, 0.2) is 30.3 Å². The largest absolute Gasteiger partial charge is 0.445 e. The van der Waals surface area contributed by atoms with Crippen LogP contribution >= 0.6 is 0 Å². The fourth-order valence-electron chi connectivity index (χ4n) is 2.25. The zero-order valence-corrected chi connectivity index (χ0v) is 18.7. The Morgan fingerprint density at radius 3 is 2.32 bits per heavy atom. The molecule has 0 bridgehead atoms. The molecule has 0 aliphatic carbocycles. The van der Waals surface area contributed by atoms with Gasteiger partial charge in [0.2, 0.25) is 11.8 Å². The van der Waals surface area contributed by atoms with Crippen LogP contribution in [0.2, 0.25) is 0 Å². The summed E-state index contributed by atoms with van der Waals surface area (Å²) in [6.45, 7) is 6.91. The second kappa shape index (κ2) is 12.4. The minimum Gasteiger partial charge on any atom is -0.445 e. The number of alkyl carbamates (subject to hydrolysis) is 1. The summed E-state index contributed by atoms with van der Waals surface area (Å²) in [5.41, 5.74) is 0.206. The SMILES string of the molecule is C[C@H](NC(=O)CNC(=O)OC(C)(C)C)C(=O)NCCN(C)C(=O)OCc1ccccc1. The molecule has 10 nitrogen and oxygen atoms in total. The van der Waals surface area contributed by atoms with Crippen molar-refractivity contribution in [3.05, 3.63) is 35.9 Å². The zero-order valence-electron chi connectivity index (χ0n) is 18.7. The van der Waals surface area contributed by atoms with Gasteiger partial charge in [-0.25, -0.2) is 9.59 Å². The van der Waals surface area contributed by atoms with E-state index in [1.807, 2.05) is 30.3 Å². The third-order valence-corrected chi connectivity index (χ3v) is 3.83. The summed E-state index contributed by atoms with van der Waals surface area (Å²) in [5.74, 6) is -0.952. The number of ether oxygens (including phenoxy) is 2. The van der Waals surface area contributed by atoms with Crippen LogP contribution in [0.3, 0.4) is 0 Å². The minimum absolute atomic E-state index is 0.163. The summed E-state index contributed by atoms with van der Waals surface area (Å²) in [6, 6.07) is 8.48. The lowest BCUT2D eigenvalue weighted by molar-refractivity contribution is -0.128. The van der Waals surface area contributed by atoms with Gasteiger partial charge < -0.3 is 30.3 Å². The predicted octanol–water partition coefficient (Wildman–Crippen LogP) is 1.40. The van der Waals surface area contributed by atoms with Gasteiger partial charge in [-0.2, -0.15) is 0 Å². The Kier molecular flexibility index (Phi) is 10.3. The molecule has 0 unspecified atom stereocenters. The summed E-state index contributed by atoms with van der Waals surface area (Å²) in [7, 11) is 1.56. The average Bonchev–Trinajstić information content (AvgIpc) is 2.69. The van der Waals surface area contributed by atoms with Gasteiger partial charge in [0.25, 0.3) is 0 Å². The summed E-state index contributed by atoms with van der Waals surface area (Å²) >= 11 is 0. The maximum atomic E-state index is 12.1. The van der Waals surface area contributed by atoms with E-state index in [0.29, 0.717) is 0 Å². The lowest BCUT2D eigenvalue weighted by atomic mass is 10.2. The van der Waals surface area contributed by atoms with Crippen molar-refractivity contribution in [3.8, 4) is 0 Å². The molecule has 31 heavy (non-hydrogen) atoms. The maximum absolute atomic E-state index is 12.1. The molecule has 10 heteroatoms. The Morgan fingerprint density at radius 2 is 1.71 bits per heavy atom. The van der Waals surface area contributed by atoms with Crippen molar-refractivity contribution in [1.29, 1.82) is 0 Å². The minimum atomic E-state index is -0.816. The fourth-order valence-corrected chi connectivity index (χ4v) is 2.25. The molecule has 0 aromatic heterocycles. The van der Waals surface area contributed by atoms with E-state index in [-0.39, 0.29) is 26.2 Å². The van der Waals surface area contributed by atoms with Crippen molar-refractivity contribution in [2.24, 2.45) is 0 Å². The molecule has 0 saturated heterocycles. The van der Waals surface area contributed by atoms with Gasteiger partial charge in [-0.05, 0) is 33.3 Å². The van der Waals surface area contributed by atoms with Crippen LogP contribution < -0.4 is 16.0 Å². The summed E-state index contributed by atoms with van der Waals surface area (Å²) < 4.78 is 10.2. The summed E-state index contributed by atoms with van der Waals surface area (Å²) in [5, 5.41) is 7.41. The van der Waals surface area contributed by atoms with Gasteiger partial charge in [-0.1, -0.05) is 30.3 Å². The molecule has 0 saturated carbocycles. The summed E-state index contributed by atoms with van der Waals surface area (Å²) in [4.78, 5) is 48.8. The highest BCUT2D eigenvalue weighted by Gasteiger charge is 2.19. The molecule has 1 rings (SSSR count). The first-order valence-electron chi connectivity index (χ1n) is 9.93. The molecular formula is C21H32N4O6. The molecule has 1 atom stereocenters. The molecule has 3 N–H and O–H groups in total. The van der Waals surface area contributed by atoms with E-state index in [4.69, 9.17) is 9.47 Å². The Hall–Kier alpha value is -3.30. The van der Waals surface area contributed by atoms with Crippen molar-refractivity contribution in [1.82, 2.24) is 20.9 Å². The molecule has 4 amide bonds. The quantitative estimate of drug-likeness (QED) is 0.537. The van der Waals surface area contributed by atoms with Gasteiger partial charge in [0, 0.05) is 20.1 Å². The molecule has 0 radical (unpaired) electrons. The molecular weight excluding hydrogens is 404 g/mol. The van der Waals surface area contributed by atoms with Gasteiger partial charge in [0.15, 0.2) is 0 Å². The molecule has 172 valence electrons. The number of hydrogen-bond donors (Lipinski definition) is 3. The van der Waals surface area contributed by atoms with Crippen LogP contribution in [0.1, 0.15) is 33.3 Å². The normalized spacial score (nSPS) is 11.6.